The van der Waals surface area contributed by atoms with Gasteiger partial charge in [-0.25, -0.2) is 0 Å². The van der Waals surface area contributed by atoms with Crippen molar-refractivity contribution in [3.63, 3.8) is 0 Å². The second-order valence-corrected chi connectivity index (χ2v) is 8.45. The van der Waals surface area contributed by atoms with Gasteiger partial charge in [0.15, 0.2) is 0 Å². The minimum absolute atomic E-state index is 0.248. The summed E-state index contributed by atoms with van der Waals surface area (Å²) < 4.78 is 6.13. The van der Waals surface area contributed by atoms with Crippen LogP contribution in [0.3, 0.4) is 0 Å². The lowest BCUT2D eigenvalue weighted by Crippen LogP contribution is -2.58. The standard InChI is InChI=1S/C18H37N3O/c1-7-18(5,20-10-8-19(6)9-11-20)14-16-15-21(12-13-22-16)17(2,3)4/h16H,7-15H2,1-6H3. The highest BCUT2D eigenvalue weighted by Crippen LogP contribution is 2.29. The summed E-state index contributed by atoms with van der Waals surface area (Å²) in [6, 6.07) is 0. The molecule has 4 nitrogen and oxygen atoms in total. The van der Waals surface area contributed by atoms with Crippen molar-refractivity contribution < 1.29 is 4.74 Å². The van der Waals surface area contributed by atoms with Gasteiger partial charge in [0.05, 0.1) is 12.7 Å². The Morgan fingerprint density at radius 1 is 0.955 bits per heavy atom. The first-order valence-electron chi connectivity index (χ1n) is 9.05. The van der Waals surface area contributed by atoms with Crippen LogP contribution in [0.5, 0.6) is 0 Å². The Morgan fingerprint density at radius 3 is 2.14 bits per heavy atom. The molecule has 2 unspecified atom stereocenters. The molecule has 2 fully saturated rings. The Labute approximate surface area is 137 Å². The third-order valence-corrected chi connectivity index (χ3v) is 5.78. The SMILES string of the molecule is CCC(C)(CC1CN(C(C)(C)C)CCO1)N1CCN(C)CC1. The van der Waals surface area contributed by atoms with Gasteiger partial charge < -0.3 is 9.64 Å². The van der Waals surface area contributed by atoms with E-state index in [1.54, 1.807) is 0 Å². The van der Waals surface area contributed by atoms with Crippen molar-refractivity contribution in [2.24, 2.45) is 0 Å². The molecule has 0 amide bonds. The van der Waals surface area contributed by atoms with Crippen molar-refractivity contribution in [3.8, 4) is 0 Å². The summed E-state index contributed by atoms with van der Waals surface area (Å²) in [5.74, 6) is 0. The first-order valence-corrected chi connectivity index (χ1v) is 9.05. The van der Waals surface area contributed by atoms with E-state index in [9.17, 15) is 0 Å². The lowest BCUT2D eigenvalue weighted by atomic mass is 9.87. The van der Waals surface area contributed by atoms with Gasteiger partial charge in [-0.05, 0) is 47.6 Å². The predicted molar refractivity (Wildman–Crippen MR) is 93.4 cm³/mol. The van der Waals surface area contributed by atoms with Gasteiger partial charge in [-0.3, -0.25) is 9.80 Å². The minimum Gasteiger partial charge on any atom is -0.375 e. The van der Waals surface area contributed by atoms with E-state index in [-0.39, 0.29) is 11.1 Å². The molecule has 0 spiro atoms. The van der Waals surface area contributed by atoms with Crippen LogP contribution >= 0.6 is 0 Å². The van der Waals surface area contributed by atoms with Gasteiger partial charge in [0.2, 0.25) is 0 Å². The number of piperazine rings is 1. The smallest absolute Gasteiger partial charge is 0.0720 e. The predicted octanol–water partition coefficient (Wildman–Crippen LogP) is 2.29. The van der Waals surface area contributed by atoms with Crippen molar-refractivity contribution in [1.29, 1.82) is 0 Å². The number of nitrogens with zero attached hydrogens (tertiary/aromatic N) is 3. The molecule has 22 heavy (non-hydrogen) atoms. The first-order chi connectivity index (χ1) is 10.2. The highest BCUT2D eigenvalue weighted by molar-refractivity contribution is 4.93. The van der Waals surface area contributed by atoms with Gasteiger partial charge >= 0.3 is 0 Å². The van der Waals surface area contributed by atoms with Crippen LogP contribution in [-0.2, 0) is 4.74 Å². The molecule has 0 aromatic carbocycles. The van der Waals surface area contributed by atoms with E-state index < -0.39 is 0 Å². The van der Waals surface area contributed by atoms with E-state index in [1.165, 1.54) is 32.6 Å². The van der Waals surface area contributed by atoms with Gasteiger partial charge in [0, 0.05) is 50.3 Å². The molecule has 0 aromatic heterocycles. The molecule has 2 saturated heterocycles. The van der Waals surface area contributed by atoms with Crippen molar-refractivity contribution in [3.05, 3.63) is 0 Å². The minimum atomic E-state index is 0.248. The maximum absolute atomic E-state index is 6.13. The summed E-state index contributed by atoms with van der Waals surface area (Å²) in [4.78, 5) is 7.72. The average Bonchev–Trinajstić information content (AvgIpc) is 2.47. The third-order valence-electron chi connectivity index (χ3n) is 5.78. The normalized spacial score (nSPS) is 29.5. The zero-order valence-electron chi connectivity index (χ0n) is 15.7. The molecule has 2 rings (SSSR count). The van der Waals surface area contributed by atoms with Crippen LogP contribution in [0.25, 0.3) is 0 Å². The summed E-state index contributed by atoms with van der Waals surface area (Å²) in [6.45, 7) is 19.5. The number of hydrogen-bond donors (Lipinski definition) is 0. The van der Waals surface area contributed by atoms with Crippen molar-refractivity contribution >= 4 is 0 Å². The van der Waals surface area contributed by atoms with Crippen molar-refractivity contribution in [1.82, 2.24) is 14.7 Å². The zero-order chi connectivity index (χ0) is 16.4. The summed E-state index contributed by atoms with van der Waals surface area (Å²) in [6.07, 6.45) is 2.73. The highest BCUT2D eigenvalue weighted by Gasteiger charge is 2.37. The maximum atomic E-state index is 6.13. The maximum Gasteiger partial charge on any atom is 0.0720 e. The fraction of sp³-hybridized carbons (Fsp3) is 1.00. The molecule has 0 bridgehead atoms. The number of hydrogen-bond acceptors (Lipinski definition) is 4. The molecule has 0 saturated carbocycles. The summed E-state index contributed by atoms with van der Waals surface area (Å²) in [5.41, 5.74) is 0.519. The monoisotopic (exact) mass is 311 g/mol. The van der Waals surface area contributed by atoms with Gasteiger partial charge in [-0.2, -0.15) is 0 Å². The van der Waals surface area contributed by atoms with E-state index in [0.717, 1.165) is 26.1 Å². The van der Waals surface area contributed by atoms with E-state index in [0.29, 0.717) is 6.10 Å². The van der Waals surface area contributed by atoms with Crippen LogP contribution in [0.15, 0.2) is 0 Å². The molecule has 4 heteroatoms. The van der Waals surface area contributed by atoms with Crippen LogP contribution in [0.4, 0.5) is 0 Å². The fourth-order valence-corrected chi connectivity index (χ4v) is 3.79. The lowest BCUT2D eigenvalue weighted by molar-refractivity contribution is -0.0847. The van der Waals surface area contributed by atoms with Gasteiger partial charge in [0.1, 0.15) is 0 Å². The van der Waals surface area contributed by atoms with E-state index in [1.807, 2.05) is 0 Å². The molecule has 2 atom stereocenters. The van der Waals surface area contributed by atoms with Crippen LogP contribution in [0, 0.1) is 0 Å². The van der Waals surface area contributed by atoms with E-state index in [4.69, 9.17) is 4.74 Å². The molecule has 2 aliphatic heterocycles. The molecule has 0 aromatic rings. The second kappa shape index (κ2) is 7.16. The van der Waals surface area contributed by atoms with Crippen molar-refractivity contribution in [2.45, 2.75) is 64.6 Å². The molecule has 2 heterocycles. The number of morpholine rings is 1. The molecule has 0 N–H and O–H groups in total. The fourth-order valence-electron chi connectivity index (χ4n) is 3.79. The highest BCUT2D eigenvalue weighted by atomic mass is 16.5. The Morgan fingerprint density at radius 2 is 1.59 bits per heavy atom. The molecular formula is C18H37N3O. The first kappa shape index (κ1) is 18.2. The quantitative estimate of drug-likeness (QED) is 0.793. The Kier molecular flexibility index (Phi) is 5.92. The third kappa shape index (κ3) is 4.44. The molecule has 0 radical (unpaired) electrons. The van der Waals surface area contributed by atoms with E-state index in [2.05, 4.69) is 56.4 Å². The van der Waals surface area contributed by atoms with Crippen molar-refractivity contribution in [2.75, 3.05) is 52.9 Å². The largest absolute Gasteiger partial charge is 0.375 e. The topological polar surface area (TPSA) is 19.0 Å². The summed E-state index contributed by atoms with van der Waals surface area (Å²) >= 11 is 0. The molecule has 130 valence electrons. The molecule has 0 aliphatic carbocycles. The lowest BCUT2D eigenvalue weighted by Gasteiger charge is -2.48. The summed E-state index contributed by atoms with van der Waals surface area (Å²) in [5, 5.41) is 0. The Hall–Kier alpha value is -0.160. The average molecular weight is 312 g/mol. The van der Waals surface area contributed by atoms with Gasteiger partial charge in [0.25, 0.3) is 0 Å². The van der Waals surface area contributed by atoms with E-state index >= 15 is 0 Å². The number of ether oxygens (including phenoxy) is 1. The zero-order valence-corrected chi connectivity index (χ0v) is 15.7. The summed E-state index contributed by atoms with van der Waals surface area (Å²) in [7, 11) is 2.23. The second-order valence-electron chi connectivity index (χ2n) is 8.45. The van der Waals surface area contributed by atoms with Gasteiger partial charge in [-0.15, -0.1) is 0 Å². The van der Waals surface area contributed by atoms with Crippen LogP contribution in [0.1, 0.15) is 47.5 Å². The van der Waals surface area contributed by atoms with Gasteiger partial charge in [-0.1, -0.05) is 6.92 Å². The Bertz CT molecular complexity index is 347. The molecule has 2 aliphatic rings. The molecular weight excluding hydrogens is 274 g/mol. The number of likely N-dealkylation sites (N-methyl/N-ethyl adjacent to an activating group) is 1. The van der Waals surface area contributed by atoms with Crippen LogP contribution < -0.4 is 0 Å². The number of rotatable bonds is 4. The Balaban J connectivity index is 1.96. The van der Waals surface area contributed by atoms with Crippen LogP contribution in [-0.4, -0.2) is 84.8 Å². The van der Waals surface area contributed by atoms with Crippen LogP contribution in [0.2, 0.25) is 0 Å².